The average Bonchev–Trinajstić information content (AvgIpc) is 2.66. The van der Waals surface area contributed by atoms with E-state index in [0.29, 0.717) is 12.3 Å². The zero-order valence-electron chi connectivity index (χ0n) is 14.7. The van der Waals surface area contributed by atoms with E-state index in [9.17, 15) is 9.18 Å². The van der Waals surface area contributed by atoms with Crippen LogP contribution in [-0.4, -0.2) is 18.6 Å². The summed E-state index contributed by atoms with van der Waals surface area (Å²) in [5.74, 6) is 0.302. The lowest BCUT2D eigenvalue weighted by Crippen LogP contribution is -2.36. The summed E-state index contributed by atoms with van der Waals surface area (Å²) in [6.07, 6.45) is 1.02. The van der Waals surface area contributed by atoms with Crippen LogP contribution in [0.3, 0.4) is 0 Å². The second-order valence-electron chi connectivity index (χ2n) is 6.29. The van der Waals surface area contributed by atoms with Gasteiger partial charge in [-0.2, -0.15) is 0 Å². The van der Waals surface area contributed by atoms with E-state index >= 15 is 0 Å². The molecule has 1 atom stereocenters. The molecule has 26 heavy (non-hydrogen) atoms. The van der Waals surface area contributed by atoms with Gasteiger partial charge in [0.15, 0.2) is 6.10 Å². The van der Waals surface area contributed by atoms with Gasteiger partial charge in [-0.05, 0) is 60.4 Å². The van der Waals surface area contributed by atoms with Gasteiger partial charge in [-0.3, -0.25) is 4.79 Å². The molecule has 1 amide bonds. The molecule has 0 saturated heterocycles. The summed E-state index contributed by atoms with van der Waals surface area (Å²) in [4.78, 5) is 12.2. The maximum Gasteiger partial charge on any atom is 0.260 e. The Morgan fingerprint density at radius 2 is 1.77 bits per heavy atom. The predicted molar refractivity (Wildman–Crippen MR) is 102 cm³/mol. The third-order valence-electron chi connectivity index (χ3n) is 4.26. The van der Waals surface area contributed by atoms with Gasteiger partial charge >= 0.3 is 0 Å². The molecular weight excluding hydrogens is 329 g/mol. The van der Waals surface area contributed by atoms with Gasteiger partial charge in [-0.15, -0.1) is 0 Å². The fourth-order valence-corrected chi connectivity index (χ4v) is 2.80. The highest BCUT2D eigenvalue weighted by molar-refractivity contribution is 5.84. The number of carbonyl (C=O) groups excluding carboxylic acids is 1. The highest BCUT2D eigenvalue weighted by atomic mass is 19.1. The minimum absolute atomic E-state index is 0.141. The normalized spacial score (nSPS) is 11.9. The maximum absolute atomic E-state index is 12.9. The number of nitrogens with one attached hydrogen (secondary N) is 1. The summed E-state index contributed by atoms with van der Waals surface area (Å²) in [7, 11) is 0. The molecular formula is C22H22FNO2. The van der Waals surface area contributed by atoms with E-state index in [1.807, 2.05) is 42.5 Å². The summed E-state index contributed by atoms with van der Waals surface area (Å²) in [6, 6.07) is 20.3. The fourth-order valence-electron chi connectivity index (χ4n) is 2.80. The number of fused-ring (bicyclic) bond motifs is 1. The van der Waals surface area contributed by atoms with Gasteiger partial charge in [0, 0.05) is 6.54 Å². The van der Waals surface area contributed by atoms with Gasteiger partial charge in [-0.1, -0.05) is 42.5 Å². The quantitative estimate of drug-likeness (QED) is 0.637. The number of amides is 1. The third kappa shape index (κ3) is 4.82. The second kappa shape index (κ2) is 8.48. The molecule has 134 valence electrons. The van der Waals surface area contributed by atoms with Crippen molar-refractivity contribution in [1.82, 2.24) is 5.32 Å². The SMILES string of the molecule is CC(Oc1ccc2ccccc2c1)C(=O)NCCCc1ccc(F)cc1. The number of ether oxygens (including phenoxy) is 1. The topological polar surface area (TPSA) is 38.3 Å². The first-order chi connectivity index (χ1) is 12.6. The van der Waals surface area contributed by atoms with Gasteiger partial charge in [0.1, 0.15) is 11.6 Å². The van der Waals surface area contributed by atoms with E-state index in [0.717, 1.165) is 29.2 Å². The fraction of sp³-hybridized carbons (Fsp3) is 0.227. The van der Waals surface area contributed by atoms with Crippen molar-refractivity contribution in [3.63, 3.8) is 0 Å². The van der Waals surface area contributed by atoms with Gasteiger partial charge in [-0.25, -0.2) is 4.39 Å². The van der Waals surface area contributed by atoms with E-state index in [2.05, 4.69) is 5.32 Å². The summed E-state index contributed by atoms with van der Waals surface area (Å²) < 4.78 is 18.6. The number of rotatable bonds is 7. The van der Waals surface area contributed by atoms with Gasteiger partial charge < -0.3 is 10.1 Å². The van der Waals surface area contributed by atoms with Crippen LogP contribution < -0.4 is 10.1 Å². The molecule has 0 bridgehead atoms. The molecule has 1 N–H and O–H groups in total. The van der Waals surface area contributed by atoms with Crippen molar-refractivity contribution in [2.24, 2.45) is 0 Å². The first kappa shape index (κ1) is 17.9. The lowest BCUT2D eigenvalue weighted by atomic mass is 10.1. The molecule has 0 aliphatic rings. The van der Waals surface area contributed by atoms with Gasteiger partial charge in [0.25, 0.3) is 5.91 Å². The van der Waals surface area contributed by atoms with E-state index in [4.69, 9.17) is 4.74 Å². The van der Waals surface area contributed by atoms with Crippen molar-refractivity contribution in [2.45, 2.75) is 25.9 Å². The smallest absolute Gasteiger partial charge is 0.260 e. The van der Waals surface area contributed by atoms with E-state index in [1.165, 1.54) is 12.1 Å². The van der Waals surface area contributed by atoms with Crippen LogP contribution in [0, 0.1) is 5.82 Å². The van der Waals surface area contributed by atoms with Crippen molar-refractivity contribution in [3.8, 4) is 5.75 Å². The standard InChI is InChI=1S/C22H22FNO2/c1-16(26-21-13-10-18-6-2-3-7-19(18)15-21)22(25)24-14-4-5-17-8-11-20(23)12-9-17/h2-3,6-13,15-16H,4-5,14H2,1H3,(H,24,25). The molecule has 1 unspecified atom stereocenters. The molecule has 3 aromatic carbocycles. The number of halogens is 1. The van der Waals surface area contributed by atoms with Crippen LogP contribution >= 0.6 is 0 Å². The summed E-state index contributed by atoms with van der Waals surface area (Å²) in [5.41, 5.74) is 1.06. The molecule has 0 aromatic heterocycles. The first-order valence-corrected chi connectivity index (χ1v) is 8.79. The highest BCUT2D eigenvalue weighted by Crippen LogP contribution is 2.21. The minimum atomic E-state index is -0.568. The number of hydrogen-bond donors (Lipinski definition) is 1. The van der Waals surface area contributed by atoms with E-state index < -0.39 is 6.10 Å². The largest absolute Gasteiger partial charge is 0.481 e. The lowest BCUT2D eigenvalue weighted by Gasteiger charge is -2.15. The third-order valence-corrected chi connectivity index (χ3v) is 4.26. The van der Waals surface area contributed by atoms with Crippen LogP contribution in [0.2, 0.25) is 0 Å². The van der Waals surface area contributed by atoms with Crippen molar-refractivity contribution in [3.05, 3.63) is 78.1 Å². The van der Waals surface area contributed by atoms with Crippen LogP contribution in [-0.2, 0) is 11.2 Å². The summed E-state index contributed by atoms with van der Waals surface area (Å²) in [5, 5.41) is 5.10. The molecule has 3 rings (SSSR count). The van der Waals surface area contributed by atoms with E-state index in [1.54, 1.807) is 19.1 Å². The van der Waals surface area contributed by atoms with Crippen LogP contribution in [0.5, 0.6) is 5.75 Å². The number of hydrogen-bond acceptors (Lipinski definition) is 2. The molecule has 4 heteroatoms. The van der Waals surface area contributed by atoms with Crippen molar-refractivity contribution in [1.29, 1.82) is 0 Å². The van der Waals surface area contributed by atoms with Gasteiger partial charge in [0.05, 0.1) is 0 Å². The Morgan fingerprint density at radius 3 is 2.54 bits per heavy atom. The molecule has 0 heterocycles. The Hall–Kier alpha value is -2.88. The Morgan fingerprint density at radius 1 is 1.04 bits per heavy atom. The van der Waals surface area contributed by atoms with Crippen molar-refractivity contribution >= 4 is 16.7 Å². The molecule has 0 fully saturated rings. The van der Waals surface area contributed by atoms with Crippen LogP contribution in [0.1, 0.15) is 18.9 Å². The van der Waals surface area contributed by atoms with Crippen molar-refractivity contribution < 1.29 is 13.9 Å². The molecule has 3 aromatic rings. The Balaban J connectivity index is 1.45. The zero-order chi connectivity index (χ0) is 18.4. The summed E-state index contributed by atoms with van der Waals surface area (Å²) >= 11 is 0. The Labute approximate surface area is 152 Å². The first-order valence-electron chi connectivity index (χ1n) is 8.79. The molecule has 0 aliphatic heterocycles. The average molecular weight is 351 g/mol. The zero-order valence-corrected chi connectivity index (χ0v) is 14.7. The molecule has 0 spiro atoms. The number of aryl methyl sites for hydroxylation is 1. The second-order valence-corrected chi connectivity index (χ2v) is 6.29. The Bertz CT molecular complexity index is 877. The molecule has 0 saturated carbocycles. The highest BCUT2D eigenvalue weighted by Gasteiger charge is 2.14. The lowest BCUT2D eigenvalue weighted by molar-refractivity contribution is -0.127. The monoisotopic (exact) mass is 351 g/mol. The molecule has 0 aliphatic carbocycles. The van der Waals surface area contributed by atoms with Crippen LogP contribution in [0.4, 0.5) is 4.39 Å². The Kier molecular flexibility index (Phi) is 5.84. The van der Waals surface area contributed by atoms with Crippen molar-refractivity contribution in [2.75, 3.05) is 6.54 Å². The molecule has 3 nitrogen and oxygen atoms in total. The predicted octanol–water partition coefficient (Wildman–Crippen LogP) is 4.50. The molecule has 0 radical (unpaired) electrons. The maximum atomic E-state index is 12.9. The van der Waals surface area contributed by atoms with Gasteiger partial charge in [0.2, 0.25) is 0 Å². The number of carbonyl (C=O) groups is 1. The number of benzene rings is 3. The van der Waals surface area contributed by atoms with Crippen LogP contribution in [0.15, 0.2) is 66.7 Å². The van der Waals surface area contributed by atoms with Crippen LogP contribution in [0.25, 0.3) is 10.8 Å². The van der Waals surface area contributed by atoms with E-state index in [-0.39, 0.29) is 11.7 Å². The minimum Gasteiger partial charge on any atom is -0.481 e. The summed E-state index contributed by atoms with van der Waals surface area (Å²) in [6.45, 7) is 2.30.